The summed E-state index contributed by atoms with van der Waals surface area (Å²) in [5.41, 5.74) is 7.33. The van der Waals surface area contributed by atoms with Gasteiger partial charge in [-0.3, -0.25) is 0 Å². The summed E-state index contributed by atoms with van der Waals surface area (Å²) in [5, 5.41) is 2.51. The number of nitrogens with zero attached hydrogens (tertiary/aromatic N) is 4. The third kappa shape index (κ3) is 4.85. The van der Waals surface area contributed by atoms with E-state index in [1.807, 2.05) is 60.7 Å². The van der Waals surface area contributed by atoms with Gasteiger partial charge >= 0.3 is 244 Å². The molecule has 0 saturated carbocycles. The van der Waals surface area contributed by atoms with Gasteiger partial charge in [0.1, 0.15) is 0 Å². The first kappa shape index (κ1) is 25.5. The van der Waals surface area contributed by atoms with E-state index in [1.165, 1.54) is 20.6 Å². The average molecular weight is 616 g/mol. The Morgan fingerprint density at radius 3 is 1.56 bits per heavy atom. The average Bonchev–Trinajstić information content (AvgIpc) is 3.55. The van der Waals surface area contributed by atoms with Gasteiger partial charge in [0.15, 0.2) is 0 Å². The van der Waals surface area contributed by atoms with Crippen LogP contribution in [0.4, 0.5) is 0 Å². The second-order valence-corrected chi connectivity index (χ2v) is 12.4. The molecule has 0 aliphatic rings. The van der Waals surface area contributed by atoms with E-state index in [1.54, 1.807) is 0 Å². The standard InChI is InChI=1S/C38H24N4Se/c1-4-13-25(14-5-1)35-40-36(26-15-6-2-7-16-26)42-37(41-35)30-21-12-20-28(23-30)32-24-29-19-10-11-22-31(29)34-33(32)39-38(43-34)27-17-8-3-9-18-27/h1-24H. The third-order valence-electron chi connectivity index (χ3n) is 7.54. The third-order valence-corrected chi connectivity index (χ3v) is 9.93. The quantitative estimate of drug-likeness (QED) is 0.181. The molecule has 0 amide bonds. The summed E-state index contributed by atoms with van der Waals surface area (Å²) in [4.78, 5) is 20.0. The molecule has 0 saturated heterocycles. The van der Waals surface area contributed by atoms with Gasteiger partial charge in [-0.15, -0.1) is 0 Å². The van der Waals surface area contributed by atoms with Gasteiger partial charge in [-0.2, -0.15) is 0 Å². The molecule has 0 radical (unpaired) electrons. The first-order valence-corrected chi connectivity index (χ1v) is 15.9. The van der Waals surface area contributed by atoms with E-state index < -0.39 is 0 Å². The molecule has 8 rings (SSSR count). The van der Waals surface area contributed by atoms with Gasteiger partial charge in [0.25, 0.3) is 0 Å². The molecule has 4 nitrogen and oxygen atoms in total. The zero-order chi connectivity index (χ0) is 28.6. The van der Waals surface area contributed by atoms with Crippen LogP contribution in [0.1, 0.15) is 0 Å². The molecule has 0 aliphatic carbocycles. The summed E-state index contributed by atoms with van der Waals surface area (Å²) < 4.78 is 2.50. The van der Waals surface area contributed by atoms with E-state index in [9.17, 15) is 0 Å². The Kier molecular flexibility index (Phi) is 6.45. The van der Waals surface area contributed by atoms with Crippen LogP contribution in [0.15, 0.2) is 146 Å². The van der Waals surface area contributed by atoms with Crippen LogP contribution in [0, 0.1) is 0 Å². The minimum atomic E-state index is 0.104. The number of hydrogen-bond acceptors (Lipinski definition) is 4. The van der Waals surface area contributed by atoms with E-state index in [2.05, 4.69) is 84.9 Å². The van der Waals surface area contributed by atoms with Gasteiger partial charge in [0, 0.05) is 0 Å². The molecular weight excluding hydrogens is 591 g/mol. The number of hydrogen-bond donors (Lipinski definition) is 0. The maximum absolute atomic E-state index is 5.26. The Hall–Kier alpha value is -5.22. The van der Waals surface area contributed by atoms with Gasteiger partial charge < -0.3 is 0 Å². The van der Waals surface area contributed by atoms with Crippen molar-refractivity contribution in [2.45, 2.75) is 0 Å². The fourth-order valence-electron chi connectivity index (χ4n) is 5.43. The molecule has 5 heteroatoms. The van der Waals surface area contributed by atoms with Crippen LogP contribution in [0.25, 0.3) is 76.0 Å². The van der Waals surface area contributed by atoms with Crippen LogP contribution >= 0.6 is 0 Å². The zero-order valence-corrected chi connectivity index (χ0v) is 24.8. The summed E-state index contributed by atoms with van der Waals surface area (Å²) in [5.74, 6) is 1.95. The second kappa shape index (κ2) is 10.9. The molecule has 0 bridgehead atoms. The van der Waals surface area contributed by atoms with Crippen LogP contribution in [0.5, 0.6) is 0 Å². The molecule has 6 aromatic carbocycles. The van der Waals surface area contributed by atoms with E-state index in [-0.39, 0.29) is 14.5 Å². The zero-order valence-electron chi connectivity index (χ0n) is 23.1. The first-order valence-electron chi connectivity index (χ1n) is 14.2. The van der Waals surface area contributed by atoms with Gasteiger partial charge in [0.05, 0.1) is 0 Å². The van der Waals surface area contributed by atoms with E-state index in [0.717, 1.165) is 37.9 Å². The van der Waals surface area contributed by atoms with Gasteiger partial charge in [0.2, 0.25) is 0 Å². The van der Waals surface area contributed by atoms with Crippen LogP contribution in [0.3, 0.4) is 0 Å². The Bertz CT molecular complexity index is 2170. The van der Waals surface area contributed by atoms with Crippen LogP contribution in [0.2, 0.25) is 0 Å². The number of benzene rings is 6. The van der Waals surface area contributed by atoms with Crippen LogP contribution in [-0.2, 0) is 0 Å². The second-order valence-electron chi connectivity index (χ2n) is 10.3. The number of rotatable bonds is 5. The Morgan fingerprint density at radius 2 is 0.907 bits per heavy atom. The molecule has 0 spiro atoms. The Labute approximate surface area is 255 Å². The monoisotopic (exact) mass is 616 g/mol. The van der Waals surface area contributed by atoms with Gasteiger partial charge in [-0.25, -0.2) is 0 Å². The van der Waals surface area contributed by atoms with Gasteiger partial charge in [-0.1, -0.05) is 12.1 Å². The Balaban J connectivity index is 1.32. The molecule has 0 unspecified atom stereocenters. The van der Waals surface area contributed by atoms with E-state index in [4.69, 9.17) is 19.9 Å². The van der Waals surface area contributed by atoms with Crippen LogP contribution in [-0.4, -0.2) is 34.4 Å². The maximum atomic E-state index is 5.26. The molecule has 202 valence electrons. The van der Waals surface area contributed by atoms with Crippen molar-refractivity contribution in [1.82, 2.24) is 19.9 Å². The molecule has 0 fully saturated rings. The molecule has 2 aromatic heterocycles. The molecule has 0 aliphatic heterocycles. The fourth-order valence-corrected chi connectivity index (χ4v) is 7.80. The summed E-state index contributed by atoms with van der Waals surface area (Å²) in [6.45, 7) is 0. The molecular formula is C38H24N4Se. The molecule has 8 aromatic rings. The van der Waals surface area contributed by atoms with Crippen molar-refractivity contribution in [3.8, 4) is 55.4 Å². The van der Waals surface area contributed by atoms with Crippen molar-refractivity contribution in [2.24, 2.45) is 0 Å². The molecule has 43 heavy (non-hydrogen) atoms. The van der Waals surface area contributed by atoms with Crippen molar-refractivity contribution in [3.63, 3.8) is 0 Å². The predicted octanol–water partition coefficient (Wildman–Crippen LogP) is 8.96. The van der Waals surface area contributed by atoms with Crippen molar-refractivity contribution < 1.29 is 0 Å². The minimum absolute atomic E-state index is 0.104. The summed E-state index contributed by atoms with van der Waals surface area (Å²) in [6, 6.07) is 50.1. The normalized spacial score (nSPS) is 11.3. The number of aromatic nitrogens is 4. The van der Waals surface area contributed by atoms with E-state index >= 15 is 0 Å². The predicted molar refractivity (Wildman–Crippen MR) is 177 cm³/mol. The SMILES string of the molecule is c1ccc(-c2nc(-c3ccccc3)nc(-c3cccc(-c4cc5ccccc5c5[se]c(-c6ccccc6)nc45)c3)n2)cc1. The summed E-state index contributed by atoms with van der Waals surface area (Å²) >= 11 is 0.104. The van der Waals surface area contributed by atoms with Crippen molar-refractivity contribution in [2.75, 3.05) is 0 Å². The molecule has 0 N–H and O–H groups in total. The summed E-state index contributed by atoms with van der Waals surface area (Å²) in [7, 11) is 0. The fraction of sp³-hybridized carbons (Fsp3) is 0. The van der Waals surface area contributed by atoms with Crippen molar-refractivity contribution in [3.05, 3.63) is 146 Å². The Morgan fingerprint density at radius 1 is 0.395 bits per heavy atom. The van der Waals surface area contributed by atoms with Crippen LogP contribution < -0.4 is 0 Å². The molecule has 2 heterocycles. The molecule has 0 atom stereocenters. The first-order chi connectivity index (χ1) is 21.3. The topological polar surface area (TPSA) is 51.6 Å². The summed E-state index contributed by atoms with van der Waals surface area (Å²) in [6.07, 6.45) is 0. The van der Waals surface area contributed by atoms with Crippen molar-refractivity contribution >= 4 is 35.1 Å². The number of fused-ring (bicyclic) bond motifs is 3. The van der Waals surface area contributed by atoms with Gasteiger partial charge in [-0.05, 0) is 0 Å². The van der Waals surface area contributed by atoms with E-state index in [0.29, 0.717) is 17.5 Å². The van der Waals surface area contributed by atoms with Crippen molar-refractivity contribution in [1.29, 1.82) is 0 Å².